The molecule has 4 heteroatoms. The molecule has 19 heavy (non-hydrogen) atoms. The highest BCUT2D eigenvalue weighted by Gasteiger charge is 2.05. The molecule has 1 heterocycles. The zero-order chi connectivity index (χ0) is 13.5. The van der Waals surface area contributed by atoms with Gasteiger partial charge < -0.3 is 9.88 Å². The molecule has 0 saturated carbocycles. The van der Waals surface area contributed by atoms with Crippen LogP contribution in [0.25, 0.3) is 0 Å². The van der Waals surface area contributed by atoms with Gasteiger partial charge in [-0.05, 0) is 24.1 Å². The molecule has 1 N–H and O–H groups in total. The second kappa shape index (κ2) is 6.73. The van der Waals surface area contributed by atoms with Gasteiger partial charge in [0.05, 0.1) is 6.33 Å². The first kappa shape index (κ1) is 13.3. The summed E-state index contributed by atoms with van der Waals surface area (Å²) in [7, 11) is 0. The maximum atomic E-state index is 11.9. The van der Waals surface area contributed by atoms with E-state index in [1.54, 1.807) is 12.5 Å². The van der Waals surface area contributed by atoms with Crippen molar-refractivity contribution in [1.82, 2.24) is 14.9 Å². The topological polar surface area (TPSA) is 46.9 Å². The molecule has 0 aliphatic carbocycles. The predicted octanol–water partition coefficient (Wildman–Crippen LogP) is 2.46. The number of amides is 1. The maximum absolute atomic E-state index is 11.9. The van der Waals surface area contributed by atoms with Gasteiger partial charge in [0.1, 0.15) is 0 Å². The van der Waals surface area contributed by atoms with Gasteiger partial charge >= 0.3 is 0 Å². The number of hydrogen-bond donors (Lipinski definition) is 1. The smallest absolute Gasteiger partial charge is 0.251 e. The van der Waals surface area contributed by atoms with Crippen molar-refractivity contribution in [2.24, 2.45) is 0 Å². The van der Waals surface area contributed by atoms with E-state index in [0.717, 1.165) is 31.5 Å². The minimum absolute atomic E-state index is 0.000862. The van der Waals surface area contributed by atoms with Crippen molar-refractivity contribution >= 4 is 5.91 Å². The molecule has 0 unspecified atom stereocenters. The minimum atomic E-state index is 0.000862. The average molecular weight is 257 g/mol. The quantitative estimate of drug-likeness (QED) is 0.808. The number of carbonyl (C=O) groups is 1. The third-order valence-electron chi connectivity index (χ3n) is 2.93. The molecule has 0 bridgehead atoms. The standard InChI is InChI=1S/C15H19N3O/c1-2-3-7-17-15(19)14-6-4-5-13(10-14)11-18-9-8-16-12-18/h4-6,8-10,12H,2-3,7,11H2,1H3,(H,17,19). The Morgan fingerprint density at radius 2 is 2.32 bits per heavy atom. The molecular weight excluding hydrogens is 238 g/mol. The third kappa shape index (κ3) is 3.95. The first-order chi connectivity index (χ1) is 9.29. The Bertz CT molecular complexity index is 520. The van der Waals surface area contributed by atoms with Gasteiger partial charge in [-0.25, -0.2) is 4.98 Å². The summed E-state index contributed by atoms with van der Waals surface area (Å²) in [6.45, 7) is 3.58. The number of benzene rings is 1. The Hall–Kier alpha value is -2.10. The molecule has 1 amide bonds. The summed E-state index contributed by atoms with van der Waals surface area (Å²) < 4.78 is 1.98. The Kier molecular flexibility index (Phi) is 4.72. The van der Waals surface area contributed by atoms with Crippen molar-refractivity contribution in [1.29, 1.82) is 0 Å². The molecule has 1 aromatic heterocycles. The Morgan fingerprint density at radius 1 is 1.42 bits per heavy atom. The lowest BCUT2D eigenvalue weighted by Crippen LogP contribution is -2.24. The van der Waals surface area contributed by atoms with Crippen LogP contribution in [0.2, 0.25) is 0 Å². The van der Waals surface area contributed by atoms with E-state index in [9.17, 15) is 4.79 Å². The lowest BCUT2D eigenvalue weighted by atomic mass is 10.1. The van der Waals surface area contributed by atoms with Gasteiger partial charge in [0, 0.05) is 31.0 Å². The van der Waals surface area contributed by atoms with Gasteiger partial charge in [-0.2, -0.15) is 0 Å². The van der Waals surface area contributed by atoms with Crippen molar-refractivity contribution in [3.63, 3.8) is 0 Å². The van der Waals surface area contributed by atoms with Crippen LogP contribution in [0.5, 0.6) is 0 Å². The highest BCUT2D eigenvalue weighted by molar-refractivity contribution is 5.94. The summed E-state index contributed by atoms with van der Waals surface area (Å²) in [6.07, 6.45) is 7.53. The highest BCUT2D eigenvalue weighted by Crippen LogP contribution is 2.07. The third-order valence-corrected chi connectivity index (χ3v) is 2.93. The van der Waals surface area contributed by atoms with E-state index >= 15 is 0 Å². The molecule has 2 rings (SSSR count). The van der Waals surface area contributed by atoms with E-state index in [1.807, 2.05) is 35.0 Å². The van der Waals surface area contributed by atoms with Crippen molar-refractivity contribution in [3.8, 4) is 0 Å². The number of carbonyl (C=O) groups excluding carboxylic acids is 1. The van der Waals surface area contributed by atoms with Gasteiger partial charge in [0.2, 0.25) is 0 Å². The SMILES string of the molecule is CCCCNC(=O)c1cccc(Cn2ccnc2)c1. The van der Waals surface area contributed by atoms with Gasteiger partial charge in [0.25, 0.3) is 5.91 Å². The van der Waals surface area contributed by atoms with E-state index in [1.165, 1.54) is 0 Å². The maximum Gasteiger partial charge on any atom is 0.251 e. The van der Waals surface area contributed by atoms with E-state index < -0.39 is 0 Å². The molecule has 0 atom stereocenters. The second-order valence-electron chi connectivity index (χ2n) is 4.54. The van der Waals surface area contributed by atoms with Crippen LogP contribution in [0, 0.1) is 0 Å². The number of rotatable bonds is 6. The van der Waals surface area contributed by atoms with E-state index in [2.05, 4.69) is 17.2 Å². The summed E-state index contributed by atoms with van der Waals surface area (Å²) >= 11 is 0. The van der Waals surface area contributed by atoms with Gasteiger partial charge in [-0.1, -0.05) is 25.5 Å². The lowest BCUT2D eigenvalue weighted by Gasteiger charge is -2.07. The molecule has 0 aliphatic rings. The van der Waals surface area contributed by atoms with Crippen molar-refractivity contribution in [2.75, 3.05) is 6.54 Å². The van der Waals surface area contributed by atoms with E-state index in [-0.39, 0.29) is 5.91 Å². The predicted molar refractivity (Wildman–Crippen MR) is 75.0 cm³/mol. The molecule has 0 fully saturated rings. The minimum Gasteiger partial charge on any atom is -0.352 e. The monoisotopic (exact) mass is 257 g/mol. The summed E-state index contributed by atoms with van der Waals surface area (Å²) in [4.78, 5) is 16.0. The number of nitrogens with zero attached hydrogens (tertiary/aromatic N) is 2. The van der Waals surface area contributed by atoms with Crippen LogP contribution >= 0.6 is 0 Å². The summed E-state index contributed by atoms with van der Waals surface area (Å²) in [5, 5.41) is 2.93. The summed E-state index contributed by atoms with van der Waals surface area (Å²) in [5.74, 6) is 0.000862. The van der Waals surface area contributed by atoms with Crippen LogP contribution < -0.4 is 5.32 Å². The molecule has 0 saturated heterocycles. The zero-order valence-corrected chi connectivity index (χ0v) is 11.2. The fourth-order valence-electron chi connectivity index (χ4n) is 1.88. The summed E-state index contributed by atoms with van der Waals surface area (Å²) in [6, 6.07) is 7.71. The van der Waals surface area contributed by atoms with Crippen LogP contribution in [0.15, 0.2) is 43.0 Å². The van der Waals surface area contributed by atoms with Crippen molar-refractivity contribution < 1.29 is 4.79 Å². The van der Waals surface area contributed by atoms with Crippen LogP contribution in [0.3, 0.4) is 0 Å². The fourth-order valence-corrected chi connectivity index (χ4v) is 1.88. The summed E-state index contributed by atoms with van der Waals surface area (Å²) in [5.41, 5.74) is 1.81. The van der Waals surface area contributed by atoms with Gasteiger partial charge in [0.15, 0.2) is 0 Å². The molecule has 0 aliphatic heterocycles. The van der Waals surface area contributed by atoms with Crippen LogP contribution in [0.4, 0.5) is 0 Å². The molecule has 2 aromatic rings. The molecule has 0 radical (unpaired) electrons. The van der Waals surface area contributed by atoms with E-state index in [0.29, 0.717) is 5.56 Å². The number of hydrogen-bond acceptors (Lipinski definition) is 2. The van der Waals surface area contributed by atoms with Crippen molar-refractivity contribution in [3.05, 3.63) is 54.1 Å². The second-order valence-corrected chi connectivity index (χ2v) is 4.54. The van der Waals surface area contributed by atoms with Crippen molar-refractivity contribution in [2.45, 2.75) is 26.3 Å². The largest absolute Gasteiger partial charge is 0.352 e. The van der Waals surface area contributed by atoms with Gasteiger partial charge in [-0.3, -0.25) is 4.79 Å². The molecular formula is C15H19N3O. The van der Waals surface area contributed by atoms with Crippen LogP contribution in [-0.2, 0) is 6.54 Å². The Morgan fingerprint density at radius 3 is 3.05 bits per heavy atom. The molecule has 4 nitrogen and oxygen atoms in total. The Labute approximate surface area is 113 Å². The lowest BCUT2D eigenvalue weighted by molar-refractivity contribution is 0.0953. The highest BCUT2D eigenvalue weighted by atomic mass is 16.1. The first-order valence-corrected chi connectivity index (χ1v) is 6.62. The number of unbranched alkanes of at least 4 members (excludes halogenated alkanes) is 1. The zero-order valence-electron chi connectivity index (χ0n) is 11.2. The number of nitrogens with one attached hydrogen (secondary N) is 1. The fraction of sp³-hybridized carbons (Fsp3) is 0.333. The molecule has 100 valence electrons. The molecule has 0 spiro atoms. The molecule has 1 aromatic carbocycles. The number of imidazole rings is 1. The van der Waals surface area contributed by atoms with Crippen LogP contribution in [-0.4, -0.2) is 22.0 Å². The first-order valence-electron chi connectivity index (χ1n) is 6.62. The van der Waals surface area contributed by atoms with Gasteiger partial charge in [-0.15, -0.1) is 0 Å². The number of aromatic nitrogens is 2. The van der Waals surface area contributed by atoms with Crippen LogP contribution in [0.1, 0.15) is 35.7 Å². The normalized spacial score (nSPS) is 10.4. The average Bonchev–Trinajstić information content (AvgIpc) is 2.92. The van der Waals surface area contributed by atoms with E-state index in [4.69, 9.17) is 0 Å². The Balaban J connectivity index is 2.00.